The highest BCUT2D eigenvalue weighted by atomic mass is 32.2. The largest absolute Gasteiger partial charge is 0.324 e. The van der Waals surface area contributed by atoms with E-state index in [1.54, 1.807) is 24.3 Å². The van der Waals surface area contributed by atoms with Crippen LogP contribution in [-0.4, -0.2) is 48.8 Å². The molecule has 1 aliphatic heterocycles. The Bertz CT molecular complexity index is 487. The summed E-state index contributed by atoms with van der Waals surface area (Å²) in [6.45, 7) is 4.85. The third kappa shape index (κ3) is 4.94. The van der Waals surface area contributed by atoms with Gasteiger partial charge < -0.3 is 10.6 Å². The number of benzene rings is 1. The van der Waals surface area contributed by atoms with Gasteiger partial charge in [-0.05, 0) is 19.1 Å². The maximum Gasteiger partial charge on any atom is 0.288 e. The van der Waals surface area contributed by atoms with E-state index in [9.17, 15) is 13.6 Å². The van der Waals surface area contributed by atoms with Gasteiger partial charge in [0.15, 0.2) is 0 Å². The number of nitrogens with one attached hydrogen (secondary N) is 2. The lowest BCUT2D eigenvalue weighted by atomic mass is 10.2. The number of halogens is 2. The van der Waals surface area contributed by atoms with Gasteiger partial charge in [0.25, 0.3) is 5.76 Å². The molecule has 0 aromatic heterocycles. The molecule has 1 aromatic rings. The first-order chi connectivity index (χ1) is 10.1. The van der Waals surface area contributed by atoms with Gasteiger partial charge in [-0.1, -0.05) is 23.9 Å². The molecule has 7 heteroatoms. The standard InChI is InChI=1S/C14H19F2N3OS/c1-10-8-17-6-7-19(10)9-13(20)18-11-4-2-3-5-12(11)21-14(15)16/h2-5,10,14,17H,6-9H2,1H3,(H,18,20)/t10-/m0/s1. The molecule has 116 valence electrons. The van der Waals surface area contributed by atoms with Crippen LogP contribution in [0.4, 0.5) is 14.5 Å². The van der Waals surface area contributed by atoms with Crippen molar-refractivity contribution in [2.75, 3.05) is 31.5 Å². The van der Waals surface area contributed by atoms with Crippen molar-refractivity contribution in [1.82, 2.24) is 10.2 Å². The van der Waals surface area contributed by atoms with Crippen LogP contribution in [0.2, 0.25) is 0 Å². The monoisotopic (exact) mass is 315 g/mol. The molecule has 1 aromatic carbocycles. The van der Waals surface area contributed by atoms with E-state index in [2.05, 4.69) is 22.5 Å². The van der Waals surface area contributed by atoms with Crippen molar-refractivity contribution in [1.29, 1.82) is 0 Å². The van der Waals surface area contributed by atoms with E-state index < -0.39 is 5.76 Å². The predicted octanol–water partition coefficient (Wildman–Crippen LogP) is 2.23. The Hall–Kier alpha value is -1.18. The van der Waals surface area contributed by atoms with Crippen molar-refractivity contribution in [3.8, 4) is 0 Å². The molecule has 0 unspecified atom stereocenters. The zero-order valence-electron chi connectivity index (χ0n) is 11.8. The van der Waals surface area contributed by atoms with Gasteiger partial charge in [0.1, 0.15) is 0 Å². The molecule has 1 heterocycles. The van der Waals surface area contributed by atoms with E-state index in [1.807, 2.05) is 0 Å². The fourth-order valence-electron chi connectivity index (χ4n) is 2.26. The van der Waals surface area contributed by atoms with Crippen molar-refractivity contribution in [3.05, 3.63) is 24.3 Å². The number of nitrogens with zero attached hydrogens (tertiary/aromatic N) is 1. The lowest BCUT2D eigenvalue weighted by Crippen LogP contribution is -2.52. The minimum Gasteiger partial charge on any atom is -0.324 e. The molecule has 2 N–H and O–H groups in total. The molecule has 0 aliphatic carbocycles. The van der Waals surface area contributed by atoms with Crippen molar-refractivity contribution < 1.29 is 13.6 Å². The highest BCUT2D eigenvalue weighted by Crippen LogP contribution is 2.31. The van der Waals surface area contributed by atoms with Gasteiger partial charge >= 0.3 is 0 Å². The van der Waals surface area contributed by atoms with Crippen molar-refractivity contribution in [2.24, 2.45) is 0 Å². The lowest BCUT2D eigenvalue weighted by molar-refractivity contribution is -0.118. The van der Waals surface area contributed by atoms with Crippen LogP contribution in [0.5, 0.6) is 0 Å². The number of carbonyl (C=O) groups is 1. The van der Waals surface area contributed by atoms with Gasteiger partial charge in [0, 0.05) is 30.6 Å². The third-order valence-electron chi connectivity index (χ3n) is 3.36. The van der Waals surface area contributed by atoms with Gasteiger partial charge in [-0.25, -0.2) is 0 Å². The first-order valence-corrected chi connectivity index (χ1v) is 7.72. The van der Waals surface area contributed by atoms with Crippen LogP contribution in [-0.2, 0) is 4.79 Å². The maximum atomic E-state index is 12.5. The molecule has 21 heavy (non-hydrogen) atoms. The summed E-state index contributed by atoms with van der Waals surface area (Å²) in [5, 5.41) is 5.99. The smallest absolute Gasteiger partial charge is 0.288 e. The summed E-state index contributed by atoms with van der Waals surface area (Å²) >= 11 is 0.442. The second-order valence-corrected chi connectivity index (χ2v) is 5.98. The molecule has 1 atom stereocenters. The Balaban J connectivity index is 1.96. The molecule has 0 saturated carbocycles. The number of thioether (sulfide) groups is 1. The topological polar surface area (TPSA) is 44.4 Å². The summed E-state index contributed by atoms with van der Waals surface area (Å²) in [5.41, 5.74) is 0.440. The second-order valence-electron chi connectivity index (χ2n) is 4.95. The van der Waals surface area contributed by atoms with Crippen LogP contribution in [0.3, 0.4) is 0 Å². The van der Waals surface area contributed by atoms with E-state index in [4.69, 9.17) is 0 Å². The molecule has 1 fully saturated rings. The van der Waals surface area contributed by atoms with Crippen LogP contribution in [0.1, 0.15) is 6.92 Å². The molecule has 2 rings (SSSR count). The number of alkyl halides is 2. The number of carbonyl (C=O) groups excluding carboxylic acids is 1. The number of amides is 1. The molecule has 0 bridgehead atoms. The van der Waals surface area contributed by atoms with Crippen LogP contribution in [0.15, 0.2) is 29.2 Å². The molecule has 1 aliphatic rings. The Morgan fingerprint density at radius 2 is 2.29 bits per heavy atom. The minimum absolute atomic E-state index is 0.175. The van der Waals surface area contributed by atoms with Crippen LogP contribution in [0, 0.1) is 0 Å². The quantitative estimate of drug-likeness (QED) is 0.818. The lowest BCUT2D eigenvalue weighted by Gasteiger charge is -2.33. The fourth-order valence-corrected chi connectivity index (χ4v) is 2.86. The molecule has 0 spiro atoms. The fraction of sp³-hybridized carbons (Fsp3) is 0.500. The molecular formula is C14H19F2N3OS. The van der Waals surface area contributed by atoms with E-state index in [-0.39, 0.29) is 18.5 Å². The molecular weight excluding hydrogens is 296 g/mol. The van der Waals surface area contributed by atoms with E-state index in [0.29, 0.717) is 22.3 Å². The zero-order chi connectivity index (χ0) is 15.2. The summed E-state index contributed by atoms with van der Waals surface area (Å²) in [4.78, 5) is 14.6. The Morgan fingerprint density at radius 3 is 3.00 bits per heavy atom. The maximum absolute atomic E-state index is 12.5. The number of piperazine rings is 1. The number of anilines is 1. The zero-order valence-corrected chi connectivity index (χ0v) is 12.6. The van der Waals surface area contributed by atoms with Crippen molar-refractivity contribution >= 4 is 23.4 Å². The summed E-state index contributed by atoms with van der Waals surface area (Å²) in [7, 11) is 0. The van der Waals surface area contributed by atoms with Crippen LogP contribution in [0.25, 0.3) is 0 Å². The van der Waals surface area contributed by atoms with Crippen molar-refractivity contribution in [2.45, 2.75) is 23.6 Å². The SMILES string of the molecule is C[C@H]1CNCCN1CC(=O)Nc1ccccc1SC(F)F. The summed E-state index contributed by atoms with van der Waals surface area (Å²) < 4.78 is 25.0. The van der Waals surface area contributed by atoms with E-state index in [0.717, 1.165) is 19.6 Å². The Labute approximate surface area is 127 Å². The number of rotatable bonds is 5. The second kappa shape index (κ2) is 7.72. The van der Waals surface area contributed by atoms with Crippen LogP contribution >= 0.6 is 11.8 Å². The van der Waals surface area contributed by atoms with Gasteiger partial charge in [0.2, 0.25) is 5.91 Å². The Morgan fingerprint density at radius 1 is 1.52 bits per heavy atom. The highest BCUT2D eigenvalue weighted by molar-refractivity contribution is 7.99. The Kier molecular flexibility index (Phi) is 5.96. The summed E-state index contributed by atoms with van der Waals surface area (Å²) in [6.07, 6.45) is 0. The first-order valence-electron chi connectivity index (χ1n) is 6.84. The normalized spacial score (nSPS) is 19.7. The summed E-state index contributed by atoms with van der Waals surface area (Å²) in [6, 6.07) is 6.91. The van der Waals surface area contributed by atoms with Crippen LogP contribution < -0.4 is 10.6 Å². The molecule has 1 saturated heterocycles. The van der Waals surface area contributed by atoms with Gasteiger partial charge in [-0.2, -0.15) is 8.78 Å². The number of hydrogen-bond donors (Lipinski definition) is 2. The molecule has 4 nitrogen and oxygen atoms in total. The van der Waals surface area contributed by atoms with E-state index in [1.165, 1.54) is 0 Å². The first kappa shape index (κ1) is 16.2. The average Bonchev–Trinajstić information content (AvgIpc) is 2.43. The van der Waals surface area contributed by atoms with Gasteiger partial charge in [0.05, 0.1) is 12.2 Å². The van der Waals surface area contributed by atoms with Gasteiger partial charge in [-0.15, -0.1) is 0 Å². The average molecular weight is 315 g/mol. The third-order valence-corrected chi connectivity index (χ3v) is 4.15. The van der Waals surface area contributed by atoms with Crippen molar-refractivity contribution in [3.63, 3.8) is 0 Å². The minimum atomic E-state index is -2.50. The van der Waals surface area contributed by atoms with E-state index >= 15 is 0 Å². The summed E-state index contributed by atoms with van der Waals surface area (Å²) in [5.74, 6) is -2.68. The molecule has 1 amide bonds. The molecule has 0 radical (unpaired) electrons. The highest BCUT2D eigenvalue weighted by Gasteiger charge is 2.20. The number of hydrogen-bond acceptors (Lipinski definition) is 4. The van der Waals surface area contributed by atoms with Gasteiger partial charge in [-0.3, -0.25) is 9.69 Å². The number of para-hydroxylation sites is 1. The predicted molar refractivity (Wildman–Crippen MR) is 80.8 cm³/mol.